The highest BCUT2D eigenvalue weighted by molar-refractivity contribution is 7.90. The molecule has 6 rings (SSSR count). The molecule has 1 aliphatic heterocycles. The molecule has 2 aliphatic carbocycles. The molecule has 0 unspecified atom stereocenters. The van der Waals surface area contributed by atoms with Gasteiger partial charge in [-0.2, -0.15) is 0 Å². The van der Waals surface area contributed by atoms with Crippen molar-refractivity contribution in [3.63, 3.8) is 0 Å². The van der Waals surface area contributed by atoms with E-state index in [1.165, 1.54) is 4.31 Å². The molecule has 5 atom stereocenters. The van der Waals surface area contributed by atoms with Crippen molar-refractivity contribution in [1.29, 1.82) is 0 Å². The second-order valence-corrected chi connectivity index (χ2v) is 16.7. The summed E-state index contributed by atoms with van der Waals surface area (Å²) >= 11 is 0. The summed E-state index contributed by atoms with van der Waals surface area (Å²) in [6.07, 6.45) is 2.58. The molecule has 1 N–H and O–H groups in total. The van der Waals surface area contributed by atoms with Gasteiger partial charge in [-0.1, -0.05) is 87.5 Å². The van der Waals surface area contributed by atoms with Crippen molar-refractivity contribution in [2.75, 3.05) is 5.75 Å². The molecule has 3 fully saturated rings. The number of nitrogens with one attached hydrogen (secondary N) is 1. The Morgan fingerprint density at radius 3 is 1.98 bits per heavy atom. The molecule has 3 aliphatic rings. The topological polar surface area (TPSA) is 83.6 Å². The van der Waals surface area contributed by atoms with E-state index in [4.69, 9.17) is 0 Å². The Balaban J connectivity index is 1.41. The molecule has 8 heteroatoms. The first kappa shape index (κ1) is 27.4. The maximum absolute atomic E-state index is 15.0. The predicted octanol–water partition coefficient (Wildman–Crippen LogP) is 5.25. The molecule has 0 radical (unpaired) electrons. The van der Waals surface area contributed by atoms with Gasteiger partial charge in [-0.3, -0.25) is 14.4 Å². The standard InChI is InChI=1S/C32H37N2O4PS/c1-23(30(35)34-28-21-25-19-20-32(28,31(25,2)3)22-40(34,37)38)29(24-13-7-4-8-14-24)33-39(36,26-15-9-5-10-16-26)27-17-11-6-12-18-27/h4-18,23,25,28-29H,19-22H2,1-3H3,(H,33,36)/t23-,25+,28+,29-,32+/m1/s1. The number of rotatable bonds is 7. The van der Waals surface area contributed by atoms with Crippen molar-refractivity contribution in [1.82, 2.24) is 9.39 Å². The molecule has 1 heterocycles. The zero-order valence-electron chi connectivity index (χ0n) is 23.2. The monoisotopic (exact) mass is 576 g/mol. The molecule has 3 aromatic carbocycles. The Hall–Kier alpha value is -2.73. The van der Waals surface area contributed by atoms with E-state index < -0.39 is 40.6 Å². The molecule has 1 saturated heterocycles. The van der Waals surface area contributed by atoms with Gasteiger partial charge in [0, 0.05) is 16.0 Å². The first-order valence-electron chi connectivity index (χ1n) is 14.1. The van der Waals surface area contributed by atoms with Crippen molar-refractivity contribution in [3.8, 4) is 0 Å². The molecular weight excluding hydrogens is 539 g/mol. The van der Waals surface area contributed by atoms with Crippen LogP contribution in [0.4, 0.5) is 0 Å². The van der Waals surface area contributed by atoms with E-state index in [2.05, 4.69) is 18.9 Å². The average molecular weight is 577 g/mol. The van der Waals surface area contributed by atoms with Crippen LogP contribution in [0.5, 0.6) is 0 Å². The van der Waals surface area contributed by atoms with Crippen LogP contribution in [-0.2, 0) is 19.4 Å². The maximum atomic E-state index is 15.0. The smallest absolute Gasteiger partial charge is 0.241 e. The number of carbonyl (C=O) groups is 1. The normalized spacial score (nSPS) is 27.7. The van der Waals surface area contributed by atoms with E-state index in [1.807, 2.05) is 91.0 Å². The molecule has 3 aromatic rings. The molecule has 1 amide bonds. The largest absolute Gasteiger partial charge is 0.297 e. The summed E-state index contributed by atoms with van der Waals surface area (Å²) < 4.78 is 43.7. The number of amides is 1. The number of carbonyl (C=O) groups excluding carboxylic acids is 1. The van der Waals surface area contributed by atoms with Gasteiger partial charge in [-0.15, -0.1) is 0 Å². The van der Waals surface area contributed by atoms with Gasteiger partial charge in [0.1, 0.15) is 0 Å². The van der Waals surface area contributed by atoms with Gasteiger partial charge in [-0.25, -0.2) is 12.7 Å². The molecule has 0 aromatic heterocycles. The minimum absolute atomic E-state index is 0.0303. The van der Waals surface area contributed by atoms with Crippen LogP contribution in [0.25, 0.3) is 0 Å². The van der Waals surface area contributed by atoms with Crippen molar-refractivity contribution in [2.24, 2.45) is 22.7 Å². The fourth-order valence-electron chi connectivity index (χ4n) is 7.83. The zero-order chi connectivity index (χ0) is 28.3. The average Bonchev–Trinajstić information content (AvgIpc) is 3.45. The van der Waals surface area contributed by atoms with Gasteiger partial charge < -0.3 is 0 Å². The number of hydrogen-bond donors (Lipinski definition) is 1. The lowest BCUT2D eigenvalue weighted by molar-refractivity contribution is -0.133. The summed E-state index contributed by atoms with van der Waals surface area (Å²) in [5, 5.41) is 4.69. The lowest BCUT2D eigenvalue weighted by Gasteiger charge is -2.38. The highest BCUT2D eigenvalue weighted by Crippen LogP contribution is 2.70. The zero-order valence-corrected chi connectivity index (χ0v) is 24.9. The van der Waals surface area contributed by atoms with Gasteiger partial charge >= 0.3 is 0 Å². The summed E-state index contributed by atoms with van der Waals surface area (Å²) in [5.74, 6) is -0.754. The lowest BCUT2D eigenvalue weighted by Crippen LogP contribution is -2.48. The van der Waals surface area contributed by atoms with Crippen LogP contribution in [0, 0.1) is 22.7 Å². The Morgan fingerprint density at radius 2 is 1.45 bits per heavy atom. The van der Waals surface area contributed by atoms with E-state index in [9.17, 15) is 17.8 Å². The molecule has 2 bridgehead atoms. The fourth-order valence-corrected chi connectivity index (χ4v) is 13.0. The fraction of sp³-hybridized carbons (Fsp3) is 0.406. The summed E-state index contributed by atoms with van der Waals surface area (Å²) in [6.45, 7) is 6.13. The van der Waals surface area contributed by atoms with Gasteiger partial charge in [0.15, 0.2) is 0 Å². The van der Waals surface area contributed by atoms with Crippen LogP contribution in [0.15, 0.2) is 91.0 Å². The predicted molar refractivity (Wildman–Crippen MR) is 159 cm³/mol. The number of sulfonamides is 1. The molecular formula is C32H37N2O4PS. The lowest BCUT2D eigenvalue weighted by atomic mass is 9.69. The Morgan fingerprint density at radius 1 is 0.925 bits per heavy atom. The third kappa shape index (κ3) is 4.04. The van der Waals surface area contributed by atoms with E-state index in [0.29, 0.717) is 16.5 Å². The summed E-state index contributed by atoms with van der Waals surface area (Å²) in [7, 11) is -7.21. The Kier molecular flexibility index (Phi) is 6.64. The van der Waals surface area contributed by atoms with Crippen molar-refractivity contribution >= 4 is 33.8 Å². The number of hydrogen-bond acceptors (Lipinski definition) is 4. The minimum Gasteiger partial charge on any atom is -0.297 e. The molecule has 1 spiro atoms. The third-order valence-corrected chi connectivity index (χ3v) is 14.8. The van der Waals surface area contributed by atoms with Crippen LogP contribution in [0.2, 0.25) is 0 Å². The molecule has 210 valence electrons. The van der Waals surface area contributed by atoms with E-state index in [0.717, 1.165) is 24.8 Å². The van der Waals surface area contributed by atoms with Crippen molar-refractivity contribution < 1.29 is 17.8 Å². The summed E-state index contributed by atoms with van der Waals surface area (Å²) in [5.41, 5.74) is 0.261. The van der Waals surface area contributed by atoms with Crippen LogP contribution in [0.3, 0.4) is 0 Å². The van der Waals surface area contributed by atoms with E-state index >= 15 is 0 Å². The highest BCUT2D eigenvalue weighted by atomic mass is 32.2. The van der Waals surface area contributed by atoms with Crippen LogP contribution >= 0.6 is 7.29 Å². The van der Waals surface area contributed by atoms with E-state index in [-0.39, 0.29) is 17.2 Å². The second-order valence-electron chi connectivity index (χ2n) is 12.3. The van der Waals surface area contributed by atoms with Gasteiger partial charge in [-0.05, 0) is 60.4 Å². The first-order valence-corrected chi connectivity index (χ1v) is 17.4. The Labute approximate surface area is 237 Å². The van der Waals surface area contributed by atoms with Crippen LogP contribution in [0.1, 0.15) is 51.6 Å². The third-order valence-electron chi connectivity index (χ3n) is 10.2. The van der Waals surface area contributed by atoms with Crippen LogP contribution < -0.4 is 15.7 Å². The van der Waals surface area contributed by atoms with Crippen molar-refractivity contribution in [2.45, 2.75) is 52.1 Å². The van der Waals surface area contributed by atoms with Crippen molar-refractivity contribution in [3.05, 3.63) is 96.6 Å². The van der Waals surface area contributed by atoms with E-state index in [1.54, 1.807) is 6.92 Å². The van der Waals surface area contributed by atoms with Gasteiger partial charge in [0.25, 0.3) is 0 Å². The van der Waals surface area contributed by atoms with Gasteiger partial charge in [0.05, 0.1) is 23.8 Å². The summed E-state index contributed by atoms with van der Waals surface area (Å²) in [6, 6.07) is 27.0. The minimum atomic E-state index is -3.78. The SMILES string of the molecule is C[C@@H](C(=O)N1[C@H]2C[C@@H]3CC[C@@]2(CS1(=O)=O)C3(C)C)[C@@H](NP(=O)(c1ccccc1)c1ccccc1)c1ccccc1. The number of fused-ring (bicyclic) bond motifs is 1. The first-order chi connectivity index (χ1) is 19.0. The highest BCUT2D eigenvalue weighted by Gasteiger charge is 2.72. The number of benzene rings is 3. The second kappa shape index (κ2) is 9.68. The Bertz CT molecular complexity index is 1520. The van der Waals surface area contributed by atoms with Gasteiger partial charge in [0.2, 0.25) is 23.2 Å². The molecule has 2 saturated carbocycles. The molecule has 40 heavy (non-hydrogen) atoms. The maximum Gasteiger partial charge on any atom is 0.241 e. The number of nitrogens with zero attached hydrogens (tertiary/aromatic N) is 1. The molecule has 6 nitrogen and oxygen atoms in total. The quantitative estimate of drug-likeness (QED) is 0.389. The van der Waals surface area contributed by atoms with Crippen LogP contribution in [-0.4, -0.2) is 30.4 Å². The summed E-state index contributed by atoms with van der Waals surface area (Å²) in [4.78, 5) is 14.4.